The molecule has 0 radical (unpaired) electrons. The van der Waals surface area contributed by atoms with Crippen molar-refractivity contribution in [1.29, 1.82) is 0 Å². The molecule has 1 saturated carbocycles. The van der Waals surface area contributed by atoms with Gasteiger partial charge in [-0.2, -0.15) is 0 Å². The van der Waals surface area contributed by atoms with Crippen molar-refractivity contribution < 1.29 is 13.2 Å². The highest BCUT2D eigenvalue weighted by molar-refractivity contribution is 9.10. The molecule has 1 aliphatic carbocycles. The minimum atomic E-state index is -3.83. The Morgan fingerprint density at radius 3 is 2.55 bits per heavy atom. The fourth-order valence-electron chi connectivity index (χ4n) is 2.06. The highest BCUT2D eigenvalue weighted by Gasteiger charge is 2.40. The molecule has 7 heteroatoms. The van der Waals surface area contributed by atoms with Crippen LogP contribution in [0.15, 0.2) is 27.6 Å². The van der Waals surface area contributed by atoms with E-state index < -0.39 is 10.0 Å². The molecule has 0 saturated heterocycles. The molecule has 110 valence electrons. The molecule has 1 amide bonds. The van der Waals surface area contributed by atoms with Crippen molar-refractivity contribution in [2.24, 2.45) is 10.6 Å². The second-order valence-corrected chi connectivity index (χ2v) is 7.73. The third kappa shape index (κ3) is 3.59. The molecule has 0 aliphatic heterocycles. The molecule has 0 heterocycles. The lowest BCUT2D eigenvalue weighted by Gasteiger charge is -2.13. The van der Waals surface area contributed by atoms with E-state index in [-0.39, 0.29) is 21.8 Å². The van der Waals surface area contributed by atoms with Gasteiger partial charge in [0.15, 0.2) is 0 Å². The molecule has 5 nitrogen and oxygen atoms in total. The Morgan fingerprint density at radius 2 is 2.05 bits per heavy atom. The fourth-order valence-corrected chi connectivity index (χ4v) is 3.29. The van der Waals surface area contributed by atoms with Gasteiger partial charge in [-0.3, -0.25) is 4.79 Å². The van der Waals surface area contributed by atoms with Crippen LogP contribution < -0.4 is 10.5 Å². The van der Waals surface area contributed by atoms with Crippen LogP contribution in [0.5, 0.6) is 0 Å². The van der Waals surface area contributed by atoms with Gasteiger partial charge in [0, 0.05) is 16.6 Å². The summed E-state index contributed by atoms with van der Waals surface area (Å²) in [5.74, 6) is -0.282. The number of amides is 1. The van der Waals surface area contributed by atoms with Gasteiger partial charge in [0.25, 0.3) is 5.91 Å². The van der Waals surface area contributed by atoms with Crippen molar-refractivity contribution in [3.05, 3.63) is 28.2 Å². The van der Waals surface area contributed by atoms with Crippen molar-refractivity contribution in [3.8, 4) is 0 Å². The van der Waals surface area contributed by atoms with Crippen LogP contribution in [0.1, 0.15) is 36.5 Å². The predicted octanol–water partition coefficient (Wildman–Crippen LogP) is 2.02. The molecule has 0 atom stereocenters. The summed E-state index contributed by atoms with van der Waals surface area (Å²) in [6, 6.07) is 4.25. The third-order valence-electron chi connectivity index (χ3n) is 3.79. The second-order valence-electron chi connectivity index (χ2n) is 5.26. The molecule has 20 heavy (non-hydrogen) atoms. The van der Waals surface area contributed by atoms with Crippen molar-refractivity contribution in [1.82, 2.24) is 5.32 Å². The van der Waals surface area contributed by atoms with E-state index in [9.17, 15) is 13.2 Å². The summed E-state index contributed by atoms with van der Waals surface area (Å²) >= 11 is 3.19. The molecule has 0 spiro atoms. The SMILES string of the molecule is CCC1(CNC(=O)c2cc(Br)cc(S(N)(=O)=O)c2)CC1. The Bertz CT molecular complexity index is 639. The van der Waals surface area contributed by atoms with Crippen molar-refractivity contribution >= 4 is 31.9 Å². The van der Waals surface area contributed by atoms with E-state index in [0.29, 0.717) is 11.0 Å². The monoisotopic (exact) mass is 360 g/mol. The topological polar surface area (TPSA) is 89.3 Å². The third-order valence-corrected chi connectivity index (χ3v) is 5.14. The largest absolute Gasteiger partial charge is 0.351 e. The van der Waals surface area contributed by atoms with Gasteiger partial charge in [0.05, 0.1) is 4.90 Å². The summed E-state index contributed by atoms with van der Waals surface area (Å²) in [4.78, 5) is 12.0. The van der Waals surface area contributed by atoms with Crippen LogP contribution in [0, 0.1) is 5.41 Å². The molecule has 0 bridgehead atoms. The van der Waals surface area contributed by atoms with Crippen LogP contribution in [-0.4, -0.2) is 20.9 Å². The maximum absolute atomic E-state index is 12.1. The first-order chi connectivity index (χ1) is 9.26. The molecule has 2 rings (SSSR count). The average Bonchev–Trinajstić information content (AvgIpc) is 3.15. The van der Waals surface area contributed by atoms with Crippen LogP contribution in [-0.2, 0) is 10.0 Å². The number of primary sulfonamides is 1. The zero-order valence-electron chi connectivity index (χ0n) is 11.1. The zero-order valence-corrected chi connectivity index (χ0v) is 13.6. The fraction of sp³-hybridized carbons (Fsp3) is 0.462. The number of benzene rings is 1. The summed E-state index contributed by atoms with van der Waals surface area (Å²) < 4.78 is 23.2. The van der Waals surface area contributed by atoms with E-state index in [1.165, 1.54) is 12.1 Å². The van der Waals surface area contributed by atoms with Crippen LogP contribution in [0.2, 0.25) is 0 Å². The summed E-state index contributed by atoms with van der Waals surface area (Å²) in [5.41, 5.74) is 0.528. The molecule has 1 aliphatic rings. The number of halogens is 1. The smallest absolute Gasteiger partial charge is 0.251 e. The standard InChI is InChI=1S/C13H17BrN2O3S/c1-2-13(3-4-13)8-16-12(17)9-5-10(14)7-11(6-9)20(15,18)19/h5-7H,2-4,8H2,1H3,(H,16,17)(H2,15,18,19). The van der Waals surface area contributed by atoms with E-state index in [0.717, 1.165) is 19.3 Å². The minimum absolute atomic E-state index is 0.0753. The summed E-state index contributed by atoms with van der Waals surface area (Å²) in [5, 5.41) is 7.95. The van der Waals surface area contributed by atoms with Crippen molar-refractivity contribution in [2.45, 2.75) is 31.1 Å². The van der Waals surface area contributed by atoms with E-state index in [2.05, 4.69) is 28.2 Å². The van der Waals surface area contributed by atoms with Gasteiger partial charge < -0.3 is 5.32 Å². The number of carbonyl (C=O) groups is 1. The maximum atomic E-state index is 12.1. The van der Waals surface area contributed by atoms with Gasteiger partial charge in [-0.25, -0.2) is 13.6 Å². The molecule has 0 aromatic heterocycles. The van der Waals surface area contributed by atoms with E-state index in [1.54, 1.807) is 6.07 Å². The average molecular weight is 361 g/mol. The molecule has 3 N–H and O–H groups in total. The number of carbonyl (C=O) groups excluding carboxylic acids is 1. The Kier molecular flexibility index (Phi) is 4.22. The van der Waals surface area contributed by atoms with Crippen molar-refractivity contribution in [2.75, 3.05) is 6.54 Å². The van der Waals surface area contributed by atoms with Gasteiger partial charge >= 0.3 is 0 Å². The molecule has 0 unspecified atom stereocenters. The number of nitrogens with one attached hydrogen (secondary N) is 1. The maximum Gasteiger partial charge on any atom is 0.251 e. The molecular weight excluding hydrogens is 344 g/mol. The number of hydrogen-bond acceptors (Lipinski definition) is 3. The first-order valence-corrected chi connectivity index (χ1v) is 8.71. The van der Waals surface area contributed by atoms with Crippen LogP contribution in [0.25, 0.3) is 0 Å². The lowest BCUT2D eigenvalue weighted by molar-refractivity contribution is 0.0944. The molecule has 1 aromatic rings. The first kappa shape index (κ1) is 15.5. The van der Waals surface area contributed by atoms with Gasteiger partial charge in [-0.05, 0) is 42.9 Å². The normalized spacial score (nSPS) is 16.8. The van der Waals surface area contributed by atoms with Gasteiger partial charge in [0.2, 0.25) is 10.0 Å². The Hall–Kier alpha value is -0.920. The van der Waals surface area contributed by atoms with E-state index >= 15 is 0 Å². The Morgan fingerprint density at radius 1 is 1.40 bits per heavy atom. The lowest BCUT2D eigenvalue weighted by Crippen LogP contribution is -2.30. The molecular formula is C13H17BrN2O3S. The van der Waals surface area contributed by atoms with Crippen LogP contribution in [0.4, 0.5) is 0 Å². The Balaban J connectivity index is 2.16. The number of sulfonamides is 1. The quantitative estimate of drug-likeness (QED) is 0.841. The molecule has 1 aromatic carbocycles. The highest BCUT2D eigenvalue weighted by atomic mass is 79.9. The van der Waals surface area contributed by atoms with E-state index in [1.807, 2.05) is 0 Å². The Labute approximate surface area is 127 Å². The lowest BCUT2D eigenvalue weighted by atomic mass is 10.0. The number of rotatable bonds is 5. The highest BCUT2D eigenvalue weighted by Crippen LogP contribution is 2.47. The van der Waals surface area contributed by atoms with Crippen LogP contribution in [0.3, 0.4) is 0 Å². The first-order valence-electron chi connectivity index (χ1n) is 6.37. The molecule has 1 fully saturated rings. The van der Waals surface area contributed by atoms with Gasteiger partial charge in [0.1, 0.15) is 0 Å². The van der Waals surface area contributed by atoms with Crippen molar-refractivity contribution in [3.63, 3.8) is 0 Å². The number of nitrogens with two attached hydrogens (primary N) is 1. The summed E-state index contributed by atoms with van der Waals surface area (Å²) in [7, 11) is -3.83. The minimum Gasteiger partial charge on any atom is -0.351 e. The zero-order chi connectivity index (χ0) is 15.0. The summed E-state index contributed by atoms with van der Waals surface area (Å²) in [6.45, 7) is 2.73. The number of hydrogen-bond donors (Lipinski definition) is 2. The van der Waals surface area contributed by atoms with Gasteiger partial charge in [-0.15, -0.1) is 0 Å². The van der Waals surface area contributed by atoms with E-state index in [4.69, 9.17) is 5.14 Å². The second kappa shape index (κ2) is 5.46. The summed E-state index contributed by atoms with van der Waals surface area (Å²) in [6.07, 6.45) is 3.30. The van der Waals surface area contributed by atoms with Crippen LogP contribution >= 0.6 is 15.9 Å². The predicted molar refractivity (Wildman–Crippen MR) is 79.8 cm³/mol. The van der Waals surface area contributed by atoms with Gasteiger partial charge in [-0.1, -0.05) is 22.9 Å².